The number of fused-ring (bicyclic) bond motifs is 1. The van der Waals surface area contributed by atoms with Crippen LogP contribution in [0.15, 0.2) is 43.0 Å². The van der Waals surface area contributed by atoms with E-state index in [1.54, 1.807) is 12.4 Å². The molecule has 1 aliphatic rings. The number of ether oxygens (including phenoxy) is 1. The van der Waals surface area contributed by atoms with Crippen LogP contribution in [0.25, 0.3) is 17.0 Å². The van der Waals surface area contributed by atoms with Gasteiger partial charge in [-0.05, 0) is 32.0 Å². The van der Waals surface area contributed by atoms with E-state index in [1.165, 1.54) is 0 Å². The van der Waals surface area contributed by atoms with Gasteiger partial charge in [-0.3, -0.25) is 9.50 Å². The molecule has 29 heavy (non-hydrogen) atoms. The number of nitrogens with one attached hydrogen (secondary N) is 1. The molecule has 0 amide bonds. The van der Waals surface area contributed by atoms with Gasteiger partial charge in [0.15, 0.2) is 0 Å². The number of H-pyrrole nitrogens is 1. The van der Waals surface area contributed by atoms with Gasteiger partial charge in [-0.1, -0.05) is 11.6 Å². The number of halogens is 1. The average molecular weight is 410 g/mol. The van der Waals surface area contributed by atoms with Gasteiger partial charge in [-0.2, -0.15) is 5.10 Å². The minimum absolute atomic E-state index is 0.0462. The number of morpholine rings is 1. The van der Waals surface area contributed by atoms with E-state index in [0.29, 0.717) is 17.5 Å². The molecule has 1 N–H and O–H groups in total. The second-order valence-corrected chi connectivity index (χ2v) is 7.69. The molecule has 0 bridgehead atoms. The molecular weight excluding hydrogens is 390 g/mol. The van der Waals surface area contributed by atoms with Gasteiger partial charge in [-0.25, -0.2) is 15.0 Å². The maximum atomic E-state index is 6.17. The number of anilines is 1. The second-order valence-electron chi connectivity index (χ2n) is 7.25. The summed E-state index contributed by atoms with van der Waals surface area (Å²) in [4.78, 5) is 16.0. The predicted octanol–water partition coefficient (Wildman–Crippen LogP) is 3.44. The standard InChI is InChI=1S/C20H20ClN7O/c1-12-9-27(11-18(29-12)15-7-24-26-13(15)2)20-22-6-5-16(25-20)17-8-23-19-4-3-14(21)10-28(17)19/h3-8,10,12,18H,9,11H2,1-2H3,(H,24,26)/t12-,18+/m1/s1. The largest absolute Gasteiger partial charge is 0.367 e. The molecule has 0 radical (unpaired) electrons. The number of aromatic nitrogens is 6. The molecule has 5 heterocycles. The summed E-state index contributed by atoms with van der Waals surface area (Å²) in [6.45, 7) is 5.44. The summed E-state index contributed by atoms with van der Waals surface area (Å²) in [7, 11) is 0. The van der Waals surface area contributed by atoms with Crippen molar-refractivity contribution in [3.8, 4) is 11.4 Å². The first kappa shape index (κ1) is 18.1. The highest BCUT2D eigenvalue weighted by atomic mass is 35.5. The Morgan fingerprint density at radius 3 is 2.90 bits per heavy atom. The van der Waals surface area contributed by atoms with Gasteiger partial charge >= 0.3 is 0 Å². The topological polar surface area (TPSA) is 84.2 Å². The fraction of sp³-hybridized carbons (Fsp3) is 0.300. The minimum Gasteiger partial charge on any atom is -0.367 e. The predicted molar refractivity (Wildman–Crippen MR) is 110 cm³/mol. The van der Waals surface area contributed by atoms with Crippen LogP contribution < -0.4 is 4.90 Å². The van der Waals surface area contributed by atoms with E-state index < -0.39 is 0 Å². The van der Waals surface area contributed by atoms with Crippen LogP contribution >= 0.6 is 11.6 Å². The molecule has 9 heteroatoms. The van der Waals surface area contributed by atoms with E-state index in [1.807, 2.05) is 41.9 Å². The molecule has 0 unspecified atom stereocenters. The Balaban J connectivity index is 1.49. The number of hydrogen-bond donors (Lipinski definition) is 1. The summed E-state index contributed by atoms with van der Waals surface area (Å²) >= 11 is 6.17. The third-order valence-corrected chi connectivity index (χ3v) is 5.36. The van der Waals surface area contributed by atoms with Crippen molar-refractivity contribution in [3.05, 3.63) is 59.3 Å². The second kappa shape index (κ2) is 7.13. The Morgan fingerprint density at radius 1 is 1.17 bits per heavy atom. The van der Waals surface area contributed by atoms with Crippen molar-refractivity contribution >= 4 is 23.2 Å². The molecule has 4 aromatic rings. The number of aromatic amines is 1. The SMILES string of the molecule is Cc1[nH]ncc1[C@@H]1CN(c2nccc(-c3cnc4ccc(Cl)cn34)n2)C[C@@H](C)O1. The highest BCUT2D eigenvalue weighted by Gasteiger charge is 2.29. The van der Waals surface area contributed by atoms with Gasteiger partial charge in [0, 0.05) is 30.2 Å². The van der Waals surface area contributed by atoms with Crippen molar-refractivity contribution in [3.63, 3.8) is 0 Å². The molecule has 0 saturated carbocycles. The minimum atomic E-state index is -0.0839. The van der Waals surface area contributed by atoms with Crippen LogP contribution in [-0.4, -0.2) is 48.7 Å². The fourth-order valence-corrected chi connectivity index (χ4v) is 3.92. The van der Waals surface area contributed by atoms with E-state index in [0.717, 1.165) is 34.8 Å². The zero-order chi connectivity index (χ0) is 20.0. The van der Waals surface area contributed by atoms with Crippen molar-refractivity contribution < 1.29 is 4.74 Å². The van der Waals surface area contributed by atoms with Crippen LogP contribution in [-0.2, 0) is 4.74 Å². The Morgan fingerprint density at radius 2 is 2.07 bits per heavy atom. The number of hydrogen-bond acceptors (Lipinski definition) is 6. The summed E-state index contributed by atoms with van der Waals surface area (Å²) in [5.41, 5.74) is 4.56. The van der Waals surface area contributed by atoms with Crippen LogP contribution in [0.5, 0.6) is 0 Å². The smallest absolute Gasteiger partial charge is 0.226 e. The molecule has 5 rings (SSSR count). The van der Waals surface area contributed by atoms with Crippen molar-refractivity contribution in [2.45, 2.75) is 26.1 Å². The maximum absolute atomic E-state index is 6.17. The van der Waals surface area contributed by atoms with Gasteiger partial charge in [0.05, 0.1) is 41.5 Å². The van der Waals surface area contributed by atoms with Crippen molar-refractivity contribution in [1.29, 1.82) is 0 Å². The van der Waals surface area contributed by atoms with Gasteiger partial charge < -0.3 is 9.64 Å². The highest BCUT2D eigenvalue weighted by molar-refractivity contribution is 6.30. The summed E-state index contributed by atoms with van der Waals surface area (Å²) in [5.74, 6) is 0.667. The van der Waals surface area contributed by atoms with Crippen LogP contribution in [0, 0.1) is 6.92 Å². The van der Waals surface area contributed by atoms with Crippen LogP contribution in [0.4, 0.5) is 5.95 Å². The van der Waals surface area contributed by atoms with Crippen molar-refractivity contribution in [2.24, 2.45) is 0 Å². The zero-order valence-electron chi connectivity index (χ0n) is 16.1. The molecule has 148 valence electrons. The monoisotopic (exact) mass is 409 g/mol. The Labute approximate surface area is 172 Å². The number of pyridine rings is 1. The van der Waals surface area contributed by atoms with Crippen LogP contribution in [0.1, 0.15) is 24.3 Å². The molecule has 2 atom stereocenters. The Hall–Kier alpha value is -2.97. The summed E-state index contributed by atoms with van der Waals surface area (Å²) in [6.07, 6.45) is 7.21. The number of nitrogens with zero attached hydrogens (tertiary/aromatic N) is 6. The summed E-state index contributed by atoms with van der Waals surface area (Å²) in [6, 6.07) is 5.59. The molecular formula is C20H20ClN7O. The highest BCUT2D eigenvalue weighted by Crippen LogP contribution is 2.29. The molecule has 1 fully saturated rings. The third-order valence-electron chi connectivity index (χ3n) is 5.13. The maximum Gasteiger partial charge on any atom is 0.226 e. The van der Waals surface area contributed by atoms with Crippen molar-refractivity contribution in [2.75, 3.05) is 18.0 Å². The van der Waals surface area contributed by atoms with Gasteiger partial charge in [-0.15, -0.1) is 0 Å². The van der Waals surface area contributed by atoms with Gasteiger partial charge in [0.25, 0.3) is 0 Å². The van der Waals surface area contributed by atoms with Gasteiger partial charge in [0.1, 0.15) is 11.8 Å². The lowest BCUT2D eigenvalue weighted by molar-refractivity contribution is -0.0181. The molecule has 0 aromatic carbocycles. The average Bonchev–Trinajstić information content (AvgIpc) is 3.33. The quantitative estimate of drug-likeness (QED) is 0.558. The van der Waals surface area contributed by atoms with E-state index in [9.17, 15) is 0 Å². The first-order valence-corrected chi connectivity index (χ1v) is 9.82. The van der Waals surface area contributed by atoms with E-state index in [-0.39, 0.29) is 12.2 Å². The lowest BCUT2D eigenvalue weighted by Crippen LogP contribution is -2.43. The third kappa shape index (κ3) is 3.34. The summed E-state index contributed by atoms with van der Waals surface area (Å²) < 4.78 is 8.09. The van der Waals surface area contributed by atoms with Crippen molar-refractivity contribution in [1.82, 2.24) is 29.5 Å². The number of rotatable bonds is 3. The fourth-order valence-electron chi connectivity index (χ4n) is 3.76. The van der Waals surface area contributed by atoms with Crippen LogP contribution in [0.3, 0.4) is 0 Å². The lowest BCUT2D eigenvalue weighted by atomic mass is 10.1. The molecule has 8 nitrogen and oxygen atoms in total. The van der Waals surface area contributed by atoms with E-state index in [2.05, 4.69) is 32.0 Å². The lowest BCUT2D eigenvalue weighted by Gasteiger charge is -2.36. The first-order chi connectivity index (χ1) is 14.1. The number of aryl methyl sites for hydroxylation is 1. The zero-order valence-corrected chi connectivity index (χ0v) is 16.8. The molecule has 0 aliphatic carbocycles. The molecule has 4 aromatic heterocycles. The van der Waals surface area contributed by atoms with E-state index in [4.69, 9.17) is 21.3 Å². The molecule has 0 spiro atoms. The Kier molecular flexibility index (Phi) is 4.44. The van der Waals surface area contributed by atoms with E-state index >= 15 is 0 Å². The van der Waals surface area contributed by atoms with Crippen LogP contribution in [0.2, 0.25) is 5.02 Å². The Bertz CT molecular complexity index is 1170. The first-order valence-electron chi connectivity index (χ1n) is 9.45. The molecule has 1 saturated heterocycles. The number of imidazole rings is 1. The van der Waals surface area contributed by atoms with Gasteiger partial charge in [0.2, 0.25) is 5.95 Å². The normalized spacial score (nSPS) is 19.8. The summed E-state index contributed by atoms with van der Waals surface area (Å²) in [5, 5.41) is 7.76. The molecule has 1 aliphatic heterocycles.